The van der Waals surface area contributed by atoms with Gasteiger partial charge < -0.3 is 4.42 Å². The molecule has 3 nitrogen and oxygen atoms in total. The van der Waals surface area contributed by atoms with Crippen LogP contribution in [0.25, 0.3) is 33.3 Å². The summed E-state index contributed by atoms with van der Waals surface area (Å²) in [5.74, 6) is 0. The van der Waals surface area contributed by atoms with Gasteiger partial charge in [-0.05, 0) is 42.7 Å². The molecule has 3 aromatic heterocycles. The minimum Gasteiger partial charge on any atom is -0.437 e. The molecular formula is C17H11BrN2O. The zero-order valence-electron chi connectivity index (χ0n) is 13.8. The summed E-state index contributed by atoms with van der Waals surface area (Å²) in [6.45, 7) is -2.16. The highest BCUT2D eigenvalue weighted by molar-refractivity contribution is 9.10. The Kier molecular flexibility index (Phi) is 2.15. The SMILES string of the molecule is [2H]C([2H])([2H])c1ccc(-c2ccc(Br)c3c2oc2ncccc23)nc1. The number of pyridine rings is 2. The Morgan fingerprint density at radius 1 is 1.14 bits per heavy atom. The van der Waals surface area contributed by atoms with E-state index >= 15 is 0 Å². The van der Waals surface area contributed by atoms with Crippen LogP contribution in [0.3, 0.4) is 0 Å². The summed E-state index contributed by atoms with van der Waals surface area (Å²) in [5.41, 5.74) is 2.89. The molecule has 4 aromatic rings. The number of aryl methyl sites for hydroxylation is 1. The number of hydrogen-bond acceptors (Lipinski definition) is 3. The van der Waals surface area contributed by atoms with Gasteiger partial charge in [-0.1, -0.05) is 22.0 Å². The predicted octanol–water partition coefficient (Wildman–Crippen LogP) is 5.11. The molecule has 0 saturated heterocycles. The third kappa shape index (κ3) is 1.94. The Hall–Kier alpha value is -2.20. The van der Waals surface area contributed by atoms with Crippen molar-refractivity contribution in [3.8, 4) is 11.3 Å². The lowest BCUT2D eigenvalue weighted by atomic mass is 10.1. The molecule has 0 spiro atoms. The molecule has 4 rings (SSSR count). The maximum atomic E-state index is 7.44. The van der Waals surface area contributed by atoms with Crippen LogP contribution in [0.1, 0.15) is 9.68 Å². The molecule has 21 heavy (non-hydrogen) atoms. The molecule has 4 heteroatoms. The minimum atomic E-state index is -2.16. The second-order valence-electron chi connectivity index (χ2n) is 4.69. The van der Waals surface area contributed by atoms with Gasteiger partial charge in [-0.25, -0.2) is 4.98 Å². The molecule has 0 bridgehead atoms. The van der Waals surface area contributed by atoms with Gasteiger partial charge in [0.2, 0.25) is 5.71 Å². The highest BCUT2D eigenvalue weighted by Crippen LogP contribution is 2.38. The van der Waals surface area contributed by atoms with E-state index in [0.717, 1.165) is 20.8 Å². The van der Waals surface area contributed by atoms with E-state index in [0.29, 0.717) is 17.0 Å². The van der Waals surface area contributed by atoms with E-state index in [4.69, 9.17) is 8.53 Å². The summed E-state index contributed by atoms with van der Waals surface area (Å²) in [4.78, 5) is 8.57. The second-order valence-corrected chi connectivity index (χ2v) is 5.54. The normalized spacial score (nSPS) is 14.0. The number of benzene rings is 1. The van der Waals surface area contributed by atoms with Crippen molar-refractivity contribution in [2.75, 3.05) is 0 Å². The number of hydrogen-bond donors (Lipinski definition) is 0. The maximum absolute atomic E-state index is 7.44. The lowest BCUT2D eigenvalue weighted by Gasteiger charge is -2.03. The zero-order valence-corrected chi connectivity index (χ0v) is 12.4. The summed E-state index contributed by atoms with van der Waals surface area (Å²) < 4.78 is 29.2. The van der Waals surface area contributed by atoms with Crippen molar-refractivity contribution in [1.29, 1.82) is 0 Å². The Morgan fingerprint density at radius 2 is 2.10 bits per heavy atom. The van der Waals surface area contributed by atoms with Crippen LogP contribution in [0.4, 0.5) is 0 Å². The van der Waals surface area contributed by atoms with Crippen LogP contribution < -0.4 is 0 Å². The molecule has 0 radical (unpaired) electrons. The van der Waals surface area contributed by atoms with Crippen LogP contribution in [0.5, 0.6) is 0 Å². The van der Waals surface area contributed by atoms with Crippen molar-refractivity contribution in [3.05, 3.63) is 58.8 Å². The highest BCUT2D eigenvalue weighted by atomic mass is 79.9. The van der Waals surface area contributed by atoms with Crippen LogP contribution in [0, 0.1) is 6.85 Å². The van der Waals surface area contributed by atoms with E-state index in [2.05, 4.69) is 25.9 Å². The molecule has 0 aliphatic rings. The Balaban J connectivity index is 1.96. The zero-order chi connectivity index (χ0) is 16.9. The fraction of sp³-hybridized carbons (Fsp3) is 0.0588. The first-order valence-corrected chi connectivity index (χ1v) is 7.17. The molecule has 3 heterocycles. The van der Waals surface area contributed by atoms with Gasteiger partial charge in [0, 0.05) is 37.3 Å². The first kappa shape index (κ1) is 9.68. The van der Waals surface area contributed by atoms with Crippen molar-refractivity contribution in [3.63, 3.8) is 0 Å². The third-order valence-corrected chi connectivity index (χ3v) is 4.05. The van der Waals surface area contributed by atoms with E-state index in [-0.39, 0.29) is 5.56 Å². The molecule has 0 saturated carbocycles. The number of rotatable bonds is 1. The van der Waals surface area contributed by atoms with Gasteiger partial charge >= 0.3 is 0 Å². The Bertz CT molecular complexity index is 1060. The lowest BCUT2D eigenvalue weighted by molar-refractivity contribution is 0.655. The summed E-state index contributed by atoms with van der Waals surface area (Å²) >= 11 is 3.56. The van der Waals surface area contributed by atoms with E-state index < -0.39 is 6.85 Å². The third-order valence-electron chi connectivity index (χ3n) is 3.39. The number of aromatic nitrogens is 2. The monoisotopic (exact) mass is 341 g/mol. The van der Waals surface area contributed by atoms with Gasteiger partial charge in [0.05, 0.1) is 5.69 Å². The first-order valence-electron chi connectivity index (χ1n) is 7.88. The standard InChI is InChI=1S/C17H11BrN2O/c1-10-4-7-14(20-9-10)11-5-6-13(18)15-12-3-2-8-19-17(12)21-16(11)15/h2-9H,1H3/i1D3. The summed E-state index contributed by atoms with van der Waals surface area (Å²) in [6, 6.07) is 10.9. The predicted molar refractivity (Wildman–Crippen MR) is 87.2 cm³/mol. The van der Waals surface area contributed by atoms with Gasteiger partial charge in [0.1, 0.15) is 5.58 Å². The van der Waals surface area contributed by atoms with Crippen LogP contribution in [0.15, 0.2) is 57.7 Å². The molecule has 0 unspecified atom stereocenters. The maximum Gasteiger partial charge on any atom is 0.227 e. The van der Waals surface area contributed by atoms with Crippen LogP contribution in [-0.4, -0.2) is 9.97 Å². The number of halogens is 1. The average molecular weight is 342 g/mol. The van der Waals surface area contributed by atoms with E-state index in [1.54, 1.807) is 18.3 Å². The molecule has 0 aliphatic carbocycles. The summed E-state index contributed by atoms with van der Waals surface area (Å²) in [6.07, 6.45) is 3.07. The van der Waals surface area contributed by atoms with Crippen molar-refractivity contribution < 1.29 is 8.53 Å². The molecule has 0 amide bonds. The smallest absolute Gasteiger partial charge is 0.227 e. The number of nitrogens with zero attached hydrogens (tertiary/aromatic N) is 2. The van der Waals surface area contributed by atoms with Gasteiger partial charge in [-0.2, -0.15) is 0 Å². The molecular weight excluding hydrogens is 328 g/mol. The van der Waals surface area contributed by atoms with Gasteiger partial charge in [-0.15, -0.1) is 0 Å². The van der Waals surface area contributed by atoms with E-state index in [9.17, 15) is 0 Å². The highest BCUT2D eigenvalue weighted by Gasteiger charge is 2.15. The molecule has 102 valence electrons. The average Bonchev–Trinajstić information content (AvgIpc) is 2.95. The van der Waals surface area contributed by atoms with Crippen LogP contribution >= 0.6 is 15.9 Å². The number of furan rings is 1. The van der Waals surface area contributed by atoms with E-state index in [1.165, 1.54) is 6.20 Å². The lowest BCUT2D eigenvalue weighted by Crippen LogP contribution is -1.85. The summed E-state index contributed by atoms with van der Waals surface area (Å²) in [7, 11) is 0. The fourth-order valence-electron chi connectivity index (χ4n) is 2.43. The first-order chi connectivity index (χ1) is 11.4. The molecule has 1 aromatic carbocycles. The van der Waals surface area contributed by atoms with Crippen LogP contribution in [0.2, 0.25) is 0 Å². The van der Waals surface area contributed by atoms with Crippen LogP contribution in [-0.2, 0) is 0 Å². The van der Waals surface area contributed by atoms with Crippen molar-refractivity contribution in [1.82, 2.24) is 9.97 Å². The van der Waals surface area contributed by atoms with Gasteiger partial charge in [0.25, 0.3) is 0 Å². The molecule has 0 atom stereocenters. The van der Waals surface area contributed by atoms with Crippen molar-refractivity contribution >= 4 is 38.0 Å². The second kappa shape index (κ2) is 4.67. The quantitative estimate of drug-likeness (QED) is 0.482. The van der Waals surface area contributed by atoms with E-state index in [1.807, 2.05) is 24.3 Å². The van der Waals surface area contributed by atoms with Gasteiger partial charge in [0.15, 0.2) is 0 Å². The molecule has 0 N–H and O–H groups in total. The minimum absolute atomic E-state index is 0.214. The molecule has 0 fully saturated rings. The van der Waals surface area contributed by atoms with Crippen molar-refractivity contribution in [2.45, 2.75) is 6.85 Å². The Morgan fingerprint density at radius 3 is 2.90 bits per heavy atom. The fourth-order valence-corrected chi connectivity index (χ4v) is 2.96. The largest absolute Gasteiger partial charge is 0.437 e. The van der Waals surface area contributed by atoms with Gasteiger partial charge in [-0.3, -0.25) is 4.98 Å². The Labute approximate surface area is 134 Å². The van der Waals surface area contributed by atoms with Crippen molar-refractivity contribution in [2.24, 2.45) is 0 Å². The number of fused-ring (bicyclic) bond motifs is 3. The molecule has 0 aliphatic heterocycles. The topological polar surface area (TPSA) is 38.9 Å². The summed E-state index contributed by atoms with van der Waals surface area (Å²) in [5, 5.41) is 1.85.